The SMILES string of the molecule is CCCCN(Cc1nc2ccccc2[nH]1)C(=O)c1cccc(F)c1F.CCCCNCc1nc2ccccc2[nH]1.O=C(Cl)c1cccc(F)c1F.O=CO[O-].[Na+]. The molecule has 17 heteroatoms. The number of hydrogen-bond donors (Lipinski definition) is 3. The Bertz CT molecular complexity index is 2070. The Kier molecular flexibility index (Phi) is 21.6. The van der Waals surface area contributed by atoms with E-state index in [0.29, 0.717) is 12.4 Å². The van der Waals surface area contributed by atoms with Crippen LogP contribution in [0, 0.1) is 23.3 Å². The van der Waals surface area contributed by atoms with E-state index in [1.807, 2.05) is 49.4 Å². The predicted octanol–water partition coefficient (Wildman–Crippen LogP) is 4.52. The fraction of sp³-hybridized carbons (Fsp3) is 0.256. The minimum atomic E-state index is -1.20. The summed E-state index contributed by atoms with van der Waals surface area (Å²) in [6, 6.07) is 22.6. The molecular weight excluding hydrogens is 767 g/mol. The first-order valence-electron chi connectivity index (χ1n) is 17.2. The summed E-state index contributed by atoms with van der Waals surface area (Å²) < 4.78 is 52.4. The number of carbonyl (C=O) groups excluding carboxylic acids is 3. The summed E-state index contributed by atoms with van der Waals surface area (Å²) in [6.07, 6.45) is 4.10. The number of nitrogens with one attached hydrogen (secondary N) is 3. The van der Waals surface area contributed by atoms with Gasteiger partial charge in [-0.05, 0) is 79.5 Å². The van der Waals surface area contributed by atoms with Crippen LogP contribution in [0.2, 0.25) is 0 Å². The van der Waals surface area contributed by atoms with E-state index >= 15 is 0 Å². The van der Waals surface area contributed by atoms with Crippen LogP contribution in [0.5, 0.6) is 0 Å². The normalized spacial score (nSPS) is 10.1. The number of rotatable bonds is 13. The first kappa shape index (κ1) is 47.5. The third-order valence-electron chi connectivity index (χ3n) is 7.67. The molecule has 3 N–H and O–H groups in total. The number of para-hydroxylation sites is 4. The van der Waals surface area contributed by atoms with E-state index in [1.54, 1.807) is 0 Å². The number of benzene rings is 4. The second-order valence-corrected chi connectivity index (χ2v) is 12.0. The maximum absolute atomic E-state index is 14.0. The molecule has 0 fully saturated rings. The molecule has 11 nitrogen and oxygen atoms in total. The molecule has 0 saturated carbocycles. The summed E-state index contributed by atoms with van der Waals surface area (Å²) in [5.74, 6) is -3.31. The molecule has 0 spiro atoms. The number of carbonyl (C=O) groups is 3. The van der Waals surface area contributed by atoms with E-state index < -0.39 is 40.0 Å². The molecule has 56 heavy (non-hydrogen) atoms. The third kappa shape index (κ3) is 14.8. The molecule has 4 aromatic carbocycles. The Labute approximate surface area is 348 Å². The van der Waals surface area contributed by atoms with Crippen molar-refractivity contribution >= 4 is 51.3 Å². The van der Waals surface area contributed by atoms with Crippen molar-refractivity contribution < 1.29 is 71.6 Å². The number of halogens is 5. The van der Waals surface area contributed by atoms with Crippen molar-refractivity contribution in [1.29, 1.82) is 0 Å². The van der Waals surface area contributed by atoms with Crippen molar-refractivity contribution in [3.05, 3.63) is 131 Å². The van der Waals surface area contributed by atoms with Gasteiger partial charge in [0.25, 0.3) is 17.6 Å². The van der Waals surface area contributed by atoms with Crippen molar-refractivity contribution in [1.82, 2.24) is 30.2 Å². The van der Waals surface area contributed by atoms with Crippen molar-refractivity contribution in [2.45, 2.75) is 52.6 Å². The second-order valence-electron chi connectivity index (χ2n) is 11.7. The summed E-state index contributed by atoms with van der Waals surface area (Å²) in [7, 11) is 0. The fourth-order valence-electron chi connectivity index (χ4n) is 4.96. The average Bonchev–Trinajstić information content (AvgIpc) is 3.81. The van der Waals surface area contributed by atoms with Crippen LogP contribution in [-0.2, 0) is 22.8 Å². The van der Waals surface area contributed by atoms with Crippen LogP contribution in [0.15, 0.2) is 84.9 Å². The third-order valence-corrected chi connectivity index (χ3v) is 7.87. The first-order chi connectivity index (χ1) is 26.5. The van der Waals surface area contributed by atoms with Gasteiger partial charge in [-0.3, -0.25) is 14.4 Å². The topological polar surface area (TPSA) is 156 Å². The van der Waals surface area contributed by atoms with E-state index in [4.69, 9.17) is 21.7 Å². The van der Waals surface area contributed by atoms with Crippen molar-refractivity contribution in [2.24, 2.45) is 0 Å². The van der Waals surface area contributed by atoms with Crippen LogP contribution >= 0.6 is 11.6 Å². The van der Waals surface area contributed by atoms with Gasteiger partial charge < -0.3 is 30.3 Å². The molecule has 2 aromatic heterocycles. The molecule has 0 radical (unpaired) electrons. The number of imidazole rings is 2. The molecule has 1 amide bonds. The molecule has 0 unspecified atom stereocenters. The maximum Gasteiger partial charge on any atom is 1.00 e. The van der Waals surface area contributed by atoms with Crippen LogP contribution in [0.3, 0.4) is 0 Å². The Morgan fingerprint density at radius 2 is 1.29 bits per heavy atom. The number of nitrogens with zero attached hydrogens (tertiary/aromatic N) is 3. The smallest absolute Gasteiger partial charge is 0.662 e. The van der Waals surface area contributed by atoms with E-state index in [-0.39, 0.29) is 48.1 Å². The van der Waals surface area contributed by atoms with Gasteiger partial charge in [0.1, 0.15) is 11.6 Å². The van der Waals surface area contributed by atoms with Crippen LogP contribution in [0.25, 0.3) is 22.1 Å². The van der Waals surface area contributed by atoms with E-state index in [0.717, 1.165) is 72.0 Å². The number of fused-ring (bicyclic) bond motifs is 2. The van der Waals surface area contributed by atoms with Gasteiger partial charge in [-0.2, -0.15) is 0 Å². The molecule has 0 saturated heterocycles. The average molecular weight is 807 g/mol. The van der Waals surface area contributed by atoms with Gasteiger partial charge in [0.05, 0.1) is 46.3 Å². The van der Waals surface area contributed by atoms with E-state index in [1.165, 1.54) is 35.9 Å². The molecule has 0 bridgehead atoms. The Balaban J connectivity index is 0.000000297. The zero-order valence-corrected chi connectivity index (χ0v) is 33.8. The molecule has 292 valence electrons. The molecule has 0 aliphatic carbocycles. The van der Waals surface area contributed by atoms with Gasteiger partial charge in [0.15, 0.2) is 23.3 Å². The summed E-state index contributed by atoms with van der Waals surface area (Å²) >= 11 is 4.93. The minimum absolute atomic E-state index is 0. The maximum atomic E-state index is 14.0. The van der Waals surface area contributed by atoms with Crippen LogP contribution in [0.1, 0.15) is 71.9 Å². The first-order valence-corrected chi connectivity index (χ1v) is 17.6. The van der Waals surface area contributed by atoms with Gasteiger partial charge in [-0.25, -0.2) is 27.5 Å². The minimum Gasteiger partial charge on any atom is -0.662 e. The summed E-state index contributed by atoms with van der Waals surface area (Å²) in [4.78, 5) is 51.3. The zero-order valence-electron chi connectivity index (χ0n) is 31.1. The van der Waals surface area contributed by atoms with E-state index in [9.17, 15) is 27.2 Å². The van der Waals surface area contributed by atoms with Gasteiger partial charge >= 0.3 is 29.6 Å². The van der Waals surface area contributed by atoms with Crippen molar-refractivity contribution in [3.63, 3.8) is 0 Å². The molecule has 6 aromatic rings. The number of hydrogen-bond acceptors (Lipinski definition) is 8. The summed E-state index contributed by atoms with van der Waals surface area (Å²) in [5.41, 5.74) is 3.14. The van der Waals surface area contributed by atoms with Crippen molar-refractivity contribution in [2.75, 3.05) is 13.1 Å². The van der Waals surface area contributed by atoms with Gasteiger partial charge in [0, 0.05) is 6.54 Å². The molecule has 2 heterocycles. The molecule has 0 aliphatic heterocycles. The quantitative estimate of drug-likeness (QED) is 0.0293. The summed E-state index contributed by atoms with van der Waals surface area (Å²) in [6.45, 7) is 6.57. The van der Waals surface area contributed by atoms with Crippen LogP contribution < -0.4 is 40.1 Å². The number of amides is 1. The second kappa shape index (κ2) is 25.5. The van der Waals surface area contributed by atoms with Gasteiger partial charge in [-0.1, -0.05) is 63.1 Å². The standard InChI is InChI=1S/C19H19F2N3O.C12H17N3.C7H3ClF2O.CH2O3.Na/c1-2-3-11-24(19(25)13-7-6-8-14(20)18(13)21)12-17-22-15-9-4-5-10-16(15)23-17;1-2-3-8-13-9-12-14-10-6-4-5-7-11(10)15-12;8-7(11)4-2-1-3-5(9)6(4)10;2-1-4-3;/h4-10H,2-3,11-12H2,1H3,(H,22,23);4-7,13H,2-3,8-9H2,1H3,(H,14,15);1-3H;1,3H;/q;;;;+1/p-1. The van der Waals surface area contributed by atoms with E-state index in [2.05, 4.69) is 43.1 Å². The Hall–Kier alpha value is -4.64. The summed E-state index contributed by atoms with van der Waals surface area (Å²) in [5, 5.41) is 10.8. The number of aromatic amines is 2. The Morgan fingerprint density at radius 1 is 0.786 bits per heavy atom. The fourth-order valence-corrected chi connectivity index (χ4v) is 5.10. The number of aromatic nitrogens is 4. The Morgan fingerprint density at radius 3 is 1.79 bits per heavy atom. The van der Waals surface area contributed by atoms with Gasteiger partial charge in [0.2, 0.25) is 0 Å². The molecular formula is C39H40ClF4N6NaO5. The van der Waals surface area contributed by atoms with Crippen LogP contribution in [0.4, 0.5) is 17.6 Å². The van der Waals surface area contributed by atoms with Crippen molar-refractivity contribution in [3.8, 4) is 0 Å². The zero-order chi connectivity index (χ0) is 40.2. The largest absolute Gasteiger partial charge is 1.00 e. The molecule has 0 atom stereocenters. The number of H-pyrrole nitrogens is 2. The van der Waals surface area contributed by atoms with Gasteiger partial charge in [-0.15, -0.1) is 0 Å². The molecule has 0 aliphatic rings. The predicted molar refractivity (Wildman–Crippen MR) is 198 cm³/mol. The molecule has 6 rings (SSSR count). The van der Waals surface area contributed by atoms with Crippen LogP contribution in [-0.4, -0.2) is 55.5 Å². The monoisotopic (exact) mass is 806 g/mol. The number of unbranched alkanes of at least 4 members (excludes halogenated alkanes) is 2.